The third-order valence-electron chi connectivity index (χ3n) is 5.61. The topological polar surface area (TPSA) is 18.5 Å². The third-order valence-corrected chi connectivity index (χ3v) is 5.61. The predicted octanol–water partition coefficient (Wildman–Crippen LogP) is 6.76. The molecule has 0 radical (unpaired) electrons. The molecule has 3 aromatic rings. The van der Waals surface area contributed by atoms with Gasteiger partial charge in [0.15, 0.2) is 6.29 Å². The first-order valence-electron chi connectivity index (χ1n) is 10.6. The van der Waals surface area contributed by atoms with Gasteiger partial charge in [0, 0.05) is 6.42 Å². The van der Waals surface area contributed by atoms with Crippen molar-refractivity contribution in [1.82, 2.24) is 0 Å². The third kappa shape index (κ3) is 5.21. The van der Waals surface area contributed by atoms with E-state index in [2.05, 4.69) is 91.9 Å². The molecule has 0 spiro atoms. The zero-order valence-electron chi connectivity index (χ0n) is 17.1. The fraction of sp³-hybridized carbons (Fsp3) is 0.296. The Hall–Kier alpha value is -2.71. The fourth-order valence-electron chi connectivity index (χ4n) is 3.94. The zero-order valence-corrected chi connectivity index (χ0v) is 17.1. The van der Waals surface area contributed by atoms with Gasteiger partial charge in [0.05, 0.1) is 6.61 Å². The number of rotatable bonds is 7. The maximum absolute atomic E-state index is 5.98. The highest BCUT2D eigenvalue weighted by Gasteiger charge is 2.16. The van der Waals surface area contributed by atoms with E-state index in [1.54, 1.807) is 0 Å². The van der Waals surface area contributed by atoms with E-state index < -0.39 is 0 Å². The van der Waals surface area contributed by atoms with Crippen LogP contribution in [0.3, 0.4) is 0 Å². The lowest BCUT2D eigenvalue weighted by Crippen LogP contribution is -2.24. The van der Waals surface area contributed by atoms with E-state index in [1.807, 2.05) is 0 Å². The molecule has 3 aromatic carbocycles. The van der Waals surface area contributed by atoms with Crippen LogP contribution < -0.4 is 4.74 Å². The van der Waals surface area contributed by atoms with Crippen LogP contribution in [-0.2, 0) is 4.74 Å². The minimum absolute atomic E-state index is 0.0943. The average molecular weight is 386 g/mol. The summed E-state index contributed by atoms with van der Waals surface area (Å²) < 4.78 is 11.7. The summed E-state index contributed by atoms with van der Waals surface area (Å²) in [6.45, 7) is 3.10. The van der Waals surface area contributed by atoms with Crippen molar-refractivity contribution in [2.24, 2.45) is 0 Å². The summed E-state index contributed by atoms with van der Waals surface area (Å²) in [5, 5.41) is 0. The van der Waals surface area contributed by atoms with Crippen molar-refractivity contribution in [3.8, 4) is 5.75 Å². The van der Waals surface area contributed by atoms with Crippen molar-refractivity contribution in [2.75, 3.05) is 6.61 Å². The number of benzene rings is 3. The van der Waals surface area contributed by atoms with Gasteiger partial charge >= 0.3 is 0 Å². The molecule has 150 valence electrons. The van der Waals surface area contributed by atoms with E-state index >= 15 is 0 Å². The maximum atomic E-state index is 5.98. The quantitative estimate of drug-likeness (QED) is 0.418. The van der Waals surface area contributed by atoms with E-state index in [0.29, 0.717) is 5.92 Å². The van der Waals surface area contributed by atoms with Crippen LogP contribution in [0.15, 0.2) is 84.9 Å². The van der Waals surface area contributed by atoms with Gasteiger partial charge in [-0.05, 0) is 42.9 Å². The molecular weight excluding hydrogens is 356 g/mol. The summed E-state index contributed by atoms with van der Waals surface area (Å²) in [5.41, 5.74) is 3.91. The summed E-state index contributed by atoms with van der Waals surface area (Å²) in [4.78, 5) is 0. The highest BCUT2D eigenvalue weighted by molar-refractivity contribution is 5.46. The summed E-state index contributed by atoms with van der Waals surface area (Å²) in [6, 6.07) is 30.0. The zero-order chi connectivity index (χ0) is 19.9. The molecule has 29 heavy (non-hydrogen) atoms. The lowest BCUT2D eigenvalue weighted by atomic mass is 9.82. The Morgan fingerprint density at radius 1 is 0.862 bits per heavy atom. The van der Waals surface area contributed by atoms with Crippen molar-refractivity contribution in [1.29, 1.82) is 0 Å². The van der Waals surface area contributed by atoms with E-state index in [1.165, 1.54) is 29.0 Å². The van der Waals surface area contributed by atoms with Gasteiger partial charge in [-0.15, -0.1) is 41.3 Å². The molecule has 1 fully saturated rings. The average Bonchev–Trinajstić information content (AvgIpc) is 2.80. The number of hydrogen-bond donors (Lipinski definition) is 0. The second-order valence-electron chi connectivity index (χ2n) is 7.80. The largest absolute Gasteiger partial charge is 0.465 e. The highest BCUT2D eigenvalue weighted by atomic mass is 16.7. The van der Waals surface area contributed by atoms with Gasteiger partial charge in [-0.1, -0.05) is 55.5 Å². The van der Waals surface area contributed by atoms with Gasteiger partial charge in [0.25, 0.3) is 0 Å². The van der Waals surface area contributed by atoms with Gasteiger partial charge in [-0.2, -0.15) is 0 Å². The Morgan fingerprint density at radius 2 is 1.48 bits per heavy atom. The minimum Gasteiger partial charge on any atom is -0.465 e. The molecule has 0 bridgehead atoms. The first-order valence-corrected chi connectivity index (χ1v) is 10.6. The Labute approximate surface area is 174 Å². The smallest absolute Gasteiger partial charge is 0.199 e. The van der Waals surface area contributed by atoms with Crippen LogP contribution in [0.2, 0.25) is 0 Å². The van der Waals surface area contributed by atoms with E-state index in [0.717, 1.165) is 31.6 Å². The Morgan fingerprint density at radius 3 is 2.03 bits per heavy atom. The molecule has 0 saturated carbocycles. The summed E-state index contributed by atoms with van der Waals surface area (Å²) in [6.07, 6.45) is 4.18. The number of hydrogen-bond acceptors (Lipinski definition) is 2. The predicted molar refractivity (Wildman–Crippen MR) is 118 cm³/mol. The standard InChI is InChI=1S/C27H29O2/c1-21(22-15-17-25(18-16-22)29-27-14-8-9-19-28-27)20-26(23-10-4-2-5-11-23)24-12-6-3-7-13-24/h2-7,10-13,15-18,21,27H,8-9,14,19-20H2,1H3/q-1. The molecule has 2 unspecified atom stereocenters. The van der Waals surface area contributed by atoms with Gasteiger partial charge in [0.2, 0.25) is 0 Å². The van der Waals surface area contributed by atoms with Crippen LogP contribution in [0.5, 0.6) is 5.75 Å². The second kappa shape index (κ2) is 9.67. The van der Waals surface area contributed by atoms with Gasteiger partial charge in [0.1, 0.15) is 5.75 Å². The van der Waals surface area contributed by atoms with Gasteiger partial charge in [-0.25, -0.2) is 0 Å². The fourth-order valence-corrected chi connectivity index (χ4v) is 3.94. The molecule has 2 atom stereocenters. The normalized spacial score (nSPS) is 17.5. The minimum atomic E-state index is -0.0943. The van der Waals surface area contributed by atoms with Crippen molar-refractivity contribution >= 4 is 0 Å². The molecule has 2 heteroatoms. The molecule has 1 saturated heterocycles. The monoisotopic (exact) mass is 385 g/mol. The van der Waals surface area contributed by atoms with Crippen molar-refractivity contribution in [2.45, 2.75) is 44.8 Å². The lowest BCUT2D eigenvalue weighted by molar-refractivity contribution is -0.105. The van der Waals surface area contributed by atoms with Gasteiger partial charge < -0.3 is 9.47 Å². The molecule has 2 nitrogen and oxygen atoms in total. The molecule has 4 rings (SSSR count). The number of ether oxygens (including phenoxy) is 2. The van der Waals surface area contributed by atoms with Crippen LogP contribution in [0, 0.1) is 5.92 Å². The SMILES string of the molecule is CC(C[C-](c1ccccc1)c1ccccc1)c1ccc(OC2CCCCO2)cc1. The van der Waals surface area contributed by atoms with Crippen LogP contribution >= 0.6 is 0 Å². The Bertz CT molecular complexity index is 813. The molecule has 0 aromatic heterocycles. The van der Waals surface area contributed by atoms with Crippen LogP contribution in [-0.4, -0.2) is 12.9 Å². The Balaban J connectivity index is 1.46. The molecule has 0 amide bonds. The van der Waals surface area contributed by atoms with E-state index in [-0.39, 0.29) is 6.29 Å². The molecule has 1 aliphatic rings. The van der Waals surface area contributed by atoms with Crippen LogP contribution in [0.25, 0.3) is 0 Å². The maximum Gasteiger partial charge on any atom is 0.199 e. The molecule has 1 aliphatic heterocycles. The Kier molecular flexibility index (Phi) is 6.53. The lowest BCUT2D eigenvalue weighted by Gasteiger charge is -2.28. The molecular formula is C27H29O2-. The van der Waals surface area contributed by atoms with Crippen LogP contribution in [0.4, 0.5) is 0 Å². The first kappa shape index (κ1) is 19.6. The second-order valence-corrected chi connectivity index (χ2v) is 7.80. The van der Waals surface area contributed by atoms with Crippen molar-refractivity contribution in [3.63, 3.8) is 0 Å². The van der Waals surface area contributed by atoms with Crippen molar-refractivity contribution in [3.05, 3.63) is 108 Å². The van der Waals surface area contributed by atoms with Crippen molar-refractivity contribution < 1.29 is 9.47 Å². The van der Waals surface area contributed by atoms with Crippen LogP contribution in [0.1, 0.15) is 55.2 Å². The summed E-state index contributed by atoms with van der Waals surface area (Å²) >= 11 is 0. The molecule has 0 N–H and O–H groups in total. The van der Waals surface area contributed by atoms with E-state index in [9.17, 15) is 0 Å². The summed E-state index contributed by atoms with van der Waals surface area (Å²) in [7, 11) is 0. The first-order chi connectivity index (χ1) is 14.3. The highest BCUT2D eigenvalue weighted by Crippen LogP contribution is 2.34. The molecule has 0 aliphatic carbocycles. The molecule has 1 heterocycles. The van der Waals surface area contributed by atoms with Gasteiger partial charge in [-0.3, -0.25) is 0 Å². The summed E-state index contributed by atoms with van der Waals surface area (Å²) in [5.74, 6) is 2.68. The van der Waals surface area contributed by atoms with E-state index in [4.69, 9.17) is 9.47 Å².